The first kappa shape index (κ1) is 6.75. The zero-order valence-electron chi connectivity index (χ0n) is 6.06. The van der Waals surface area contributed by atoms with Crippen LogP contribution in [-0.4, -0.2) is 37.5 Å². The van der Waals surface area contributed by atoms with Crippen LogP contribution in [0.2, 0.25) is 0 Å². The first-order valence-electron chi connectivity index (χ1n) is 3.55. The average Bonchev–Trinajstić information content (AvgIpc) is 1.90. The van der Waals surface area contributed by atoms with Gasteiger partial charge in [-0.15, -0.1) is 0 Å². The third-order valence-electron chi connectivity index (χ3n) is 1.93. The molecule has 1 N–H and O–H groups in total. The van der Waals surface area contributed by atoms with Gasteiger partial charge in [-0.2, -0.15) is 0 Å². The van der Waals surface area contributed by atoms with Crippen LogP contribution in [0, 0.1) is 0 Å². The lowest BCUT2D eigenvalue weighted by Crippen LogP contribution is -2.36. The van der Waals surface area contributed by atoms with Crippen LogP contribution in [0.3, 0.4) is 0 Å². The zero-order chi connectivity index (χ0) is 6.69. The fourth-order valence-corrected chi connectivity index (χ4v) is 1.25. The zero-order valence-corrected chi connectivity index (χ0v) is 6.06. The third-order valence-corrected chi connectivity index (χ3v) is 1.93. The van der Waals surface area contributed by atoms with Gasteiger partial charge in [-0.3, -0.25) is 0 Å². The second-order valence-electron chi connectivity index (χ2n) is 2.74. The second-order valence-corrected chi connectivity index (χ2v) is 2.74. The summed E-state index contributed by atoms with van der Waals surface area (Å²) < 4.78 is 2.07. The number of hydrogen-bond donors (Lipinski definition) is 1. The van der Waals surface area contributed by atoms with Crippen molar-refractivity contribution in [3.05, 3.63) is 0 Å². The Labute approximate surface area is 56.6 Å². The van der Waals surface area contributed by atoms with Crippen molar-refractivity contribution in [3.63, 3.8) is 0 Å². The quantitative estimate of drug-likeness (QED) is 0.389. The van der Waals surface area contributed by atoms with Crippen molar-refractivity contribution >= 4 is 6.72 Å². The topological polar surface area (TPSA) is 15.0 Å². The van der Waals surface area contributed by atoms with Gasteiger partial charge in [0, 0.05) is 25.9 Å². The Bertz CT molecular complexity index is 103. The third kappa shape index (κ3) is 1.79. The van der Waals surface area contributed by atoms with Gasteiger partial charge < -0.3 is 5.32 Å². The Balaban J connectivity index is 2.31. The van der Waals surface area contributed by atoms with Crippen molar-refractivity contribution in [1.82, 2.24) is 5.32 Å². The number of rotatable bonds is 1. The van der Waals surface area contributed by atoms with Crippen LogP contribution in [0.4, 0.5) is 0 Å². The molecule has 1 heterocycles. The van der Waals surface area contributed by atoms with Gasteiger partial charge in [0.2, 0.25) is 0 Å². The van der Waals surface area contributed by atoms with Crippen molar-refractivity contribution in [2.45, 2.75) is 18.9 Å². The SMILES string of the molecule is C=[N+](C)C1CCNCC1. The van der Waals surface area contributed by atoms with Crippen LogP contribution in [0.15, 0.2) is 0 Å². The molecule has 1 aliphatic heterocycles. The van der Waals surface area contributed by atoms with Gasteiger partial charge in [0.05, 0.1) is 0 Å². The van der Waals surface area contributed by atoms with Crippen LogP contribution in [0.1, 0.15) is 12.8 Å². The molecule has 9 heavy (non-hydrogen) atoms. The van der Waals surface area contributed by atoms with Crippen LogP contribution in [0.5, 0.6) is 0 Å². The molecule has 0 aromatic carbocycles. The van der Waals surface area contributed by atoms with Gasteiger partial charge in [0.15, 0.2) is 6.04 Å². The summed E-state index contributed by atoms with van der Waals surface area (Å²) in [7, 11) is 2.05. The Morgan fingerprint density at radius 3 is 2.33 bits per heavy atom. The van der Waals surface area contributed by atoms with Gasteiger partial charge >= 0.3 is 0 Å². The van der Waals surface area contributed by atoms with E-state index in [0.717, 1.165) is 13.1 Å². The highest BCUT2D eigenvalue weighted by atomic mass is 15.0. The van der Waals surface area contributed by atoms with Crippen molar-refractivity contribution in [1.29, 1.82) is 0 Å². The fraction of sp³-hybridized carbons (Fsp3) is 0.857. The van der Waals surface area contributed by atoms with Crippen molar-refractivity contribution in [2.75, 3.05) is 20.1 Å². The van der Waals surface area contributed by atoms with E-state index in [4.69, 9.17) is 0 Å². The summed E-state index contributed by atoms with van der Waals surface area (Å²) in [4.78, 5) is 0. The number of hydrogen-bond acceptors (Lipinski definition) is 1. The van der Waals surface area contributed by atoms with Crippen molar-refractivity contribution in [2.24, 2.45) is 0 Å². The molecule has 0 atom stereocenters. The standard InChI is InChI=1S/C7H15N2/c1-9(2)7-3-5-8-6-4-7/h7-8H,1,3-6H2,2H3/q+1. The van der Waals surface area contributed by atoms with E-state index in [-0.39, 0.29) is 0 Å². The molecule has 0 radical (unpaired) electrons. The molecule has 0 aromatic heterocycles. The van der Waals surface area contributed by atoms with E-state index in [9.17, 15) is 0 Å². The van der Waals surface area contributed by atoms with E-state index >= 15 is 0 Å². The molecule has 0 saturated carbocycles. The van der Waals surface area contributed by atoms with Gasteiger partial charge in [-0.1, -0.05) is 0 Å². The summed E-state index contributed by atoms with van der Waals surface area (Å²) in [6, 6.07) is 0.714. The molecule has 0 aliphatic carbocycles. The molecular weight excluding hydrogens is 112 g/mol. The maximum absolute atomic E-state index is 3.87. The molecule has 1 aliphatic rings. The van der Waals surface area contributed by atoms with Crippen LogP contribution in [0.25, 0.3) is 0 Å². The first-order chi connectivity index (χ1) is 4.30. The van der Waals surface area contributed by atoms with Gasteiger partial charge in [-0.05, 0) is 0 Å². The number of nitrogens with zero attached hydrogens (tertiary/aromatic N) is 1. The van der Waals surface area contributed by atoms with Crippen LogP contribution < -0.4 is 5.32 Å². The predicted octanol–water partition coefficient (Wildman–Crippen LogP) is 0.0813. The molecular formula is C7H15N2+. The molecule has 0 amide bonds. The van der Waals surface area contributed by atoms with Crippen LogP contribution >= 0.6 is 0 Å². The summed E-state index contributed by atoms with van der Waals surface area (Å²) in [6.45, 7) is 6.18. The van der Waals surface area contributed by atoms with E-state index in [1.54, 1.807) is 0 Å². The normalized spacial score (nSPS) is 21.9. The smallest absolute Gasteiger partial charge is 0.154 e. The molecule has 1 rings (SSSR count). The molecule has 0 aromatic rings. The van der Waals surface area contributed by atoms with E-state index < -0.39 is 0 Å². The predicted molar refractivity (Wildman–Crippen MR) is 39.2 cm³/mol. The lowest BCUT2D eigenvalue weighted by atomic mass is 10.1. The van der Waals surface area contributed by atoms with Crippen LogP contribution in [-0.2, 0) is 0 Å². The molecule has 2 heteroatoms. The molecule has 0 bridgehead atoms. The minimum absolute atomic E-state index is 0.714. The molecule has 2 nitrogen and oxygen atoms in total. The monoisotopic (exact) mass is 127 g/mol. The minimum Gasteiger partial charge on any atom is -0.316 e. The van der Waals surface area contributed by atoms with Gasteiger partial charge in [-0.25, -0.2) is 4.58 Å². The lowest BCUT2D eigenvalue weighted by molar-refractivity contribution is -0.532. The highest BCUT2D eigenvalue weighted by Gasteiger charge is 2.17. The summed E-state index contributed by atoms with van der Waals surface area (Å²) in [5, 5.41) is 3.32. The Kier molecular flexibility index (Phi) is 2.22. The maximum Gasteiger partial charge on any atom is 0.154 e. The number of piperidine rings is 1. The Morgan fingerprint density at radius 2 is 2.00 bits per heavy atom. The lowest BCUT2D eigenvalue weighted by Gasteiger charge is -2.17. The Morgan fingerprint density at radius 1 is 1.44 bits per heavy atom. The molecule has 1 saturated heterocycles. The first-order valence-corrected chi connectivity index (χ1v) is 3.55. The van der Waals surface area contributed by atoms with Gasteiger partial charge in [0.1, 0.15) is 13.8 Å². The Hall–Kier alpha value is -0.370. The fourth-order valence-electron chi connectivity index (χ4n) is 1.25. The second kappa shape index (κ2) is 2.97. The molecule has 1 fully saturated rings. The largest absolute Gasteiger partial charge is 0.316 e. The van der Waals surface area contributed by atoms with E-state index in [2.05, 4.69) is 23.7 Å². The summed E-state index contributed by atoms with van der Waals surface area (Å²) in [5.41, 5.74) is 0. The van der Waals surface area contributed by atoms with Crippen molar-refractivity contribution in [3.8, 4) is 0 Å². The highest BCUT2D eigenvalue weighted by molar-refractivity contribution is 5.14. The minimum atomic E-state index is 0.714. The molecule has 52 valence electrons. The van der Waals surface area contributed by atoms with E-state index in [1.165, 1.54) is 12.8 Å². The van der Waals surface area contributed by atoms with E-state index in [0.29, 0.717) is 6.04 Å². The molecule has 0 unspecified atom stereocenters. The summed E-state index contributed by atoms with van der Waals surface area (Å²) in [5.74, 6) is 0. The van der Waals surface area contributed by atoms with Gasteiger partial charge in [0.25, 0.3) is 0 Å². The highest BCUT2D eigenvalue weighted by Crippen LogP contribution is 2.03. The summed E-state index contributed by atoms with van der Waals surface area (Å²) in [6.07, 6.45) is 2.50. The molecule has 0 spiro atoms. The summed E-state index contributed by atoms with van der Waals surface area (Å²) >= 11 is 0. The number of nitrogens with one attached hydrogen (secondary N) is 1. The maximum atomic E-state index is 3.87. The van der Waals surface area contributed by atoms with Crippen molar-refractivity contribution < 1.29 is 4.58 Å². The average molecular weight is 127 g/mol. The van der Waals surface area contributed by atoms with E-state index in [1.807, 2.05) is 0 Å².